The van der Waals surface area contributed by atoms with E-state index in [1.165, 1.54) is 0 Å². The zero-order valence-corrected chi connectivity index (χ0v) is 11.3. The van der Waals surface area contributed by atoms with E-state index < -0.39 is 0 Å². The van der Waals surface area contributed by atoms with Crippen molar-refractivity contribution in [3.63, 3.8) is 0 Å². The summed E-state index contributed by atoms with van der Waals surface area (Å²) in [5.74, 6) is 1.27. The van der Waals surface area contributed by atoms with E-state index in [0.717, 1.165) is 17.1 Å². The van der Waals surface area contributed by atoms with Crippen molar-refractivity contribution in [2.24, 2.45) is 5.73 Å². The number of anilines is 2. The average Bonchev–Trinajstić information content (AvgIpc) is 2.46. The maximum Gasteiger partial charge on any atom is 0.148 e. The van der Waals surface area contributed by atoms with Crippen LogP contribution < -0.4 is 15.8 Å². The molecule has 0 aliphatic heterocycles. The van der Waals surface area contributed by atoms with E-state index in [1.54, 1.807) is 6.07 Å². The summed E-state index contributed by atoms with van der Waals surface area (Å²) in [6, 6.07) is 13.1. The van der Waals surface area contributed by atoms with Crippen molar-refractivity contribution in [3.8, 4) is 11.8 Å². The Morgan fingerprint density at radius 3 is 2.95 bits per heavy atom. The van der Waals surface area contributed by atoms with Crippen LogP contribution in [0, 0.1) is 18.3 Å². The van der Waals surface area contributed by atoms with E-state index in [1.807, 2.05) is 37.3 Å². The number of nitrogens with two attached hydrogens (primary N) is 1. The van der Waals surface area contributed by atoms with Crippen LogP contribution in [-0.4, -0.2) is 18.1 Å². The first kappa shape index (κ1) is 13.8. The summed E-state index contributed by atoms with van der Waals surface area (Å²) in [7, 11) is 0. The molecule has 102 valence electrons. The minimum Gasteiger partial charge on any atom is -0.492 e. The molecule has 0 saturated carbocycles. The SMILES string of the molecule is Cc1ccc(C#N)c(Nc2cccc(OCCN)c2)n1. The molecule has 1 aromatic carbocycles. The Bertz CT molecular complexity index is 634. The normalized spacial score (nSPS) is 9.85. The van der Waals surface area contributed by atoms with E-state index in [0.29, 0.717) is 24.5 Å². The third-order valence-corrected chi connectivity index (χ3v) is 2.64. The van der Waals surface area contributed by atoms with Crippen LogP contribution in [0.5, 0.6) is 5.75 Å². The van der Waals surface area contributed by atoms with Gasteiger partial charge in [0.2, 0.25) is 0 Å². The molecule has 5 nitrogen and oxygen atoms in total. The minimum absolute atomic E-state index is 0.468. The predicted molar refractivity (Wildman–Crippen MR) is 78.0 cm³/mol. The van der Waals surface area contributed by atoms with E-state index in [9.17, 15) is 0 Å². The molecule has 0 amide bonds. The monoisotopic (exact) mass is 268 g/mol. The number of nitrogens with zero attached hydrogens (tertiary/aromatic N) is 2. The van der Waals surface area contributed by atoms with Crippen LogP contribution >= 0.6 is 0 Å². The third kappa shape index (κ3) is 3.46. The number of benzene rings is 1. The van der Waals surface area contributed by atoms with Gasteiger partial charge < -0.3 is 15.8 Å². The number of nitrogens with one attached hydrogen (secondary N) is 1. The van der Waals surface area contributed by atoms with Gasteiger partial charge in [-0.3, -0.25) is 0 Å². The molecule has 0 fully saturated rings. The summed E-state index contributed by atoms with van der Waals surface area (Å²) in [4.78, 5) is 4.34. The molecule has 0 saturated heterocycles. The number of rotatable bonds is 5. The van der Waals surface area contributed by atoms with Crippen molar-refractivity contribution in [2.75, 3.05) is 18.5 Å². The molecule has 2 aromatic rings. The number of ether oxygens (including phenoxy) is 1. The highest BCUT2D eigenvalue weighted by molar-refractivity contribution is 5.63. The molecule has 0 atom stereocenters. The van der Waals surface area contributed by atoms with Gasteiger partial charge in [0.05, 0.1) is 5.56 Å². The second-order valence-electron chi connectivity index (χ2n) is 4.25. The molecule has 3 N–H and O–H groups in total. The minimum atomic E-state index is 0.468. The first-order valence-corrected chi connectivity index (χ1v) is 6.30. The van der Waals surface area contributed by atoms with Gasteiger partial charge in [0.1, 0.15) is 24.2 Å². The fourth-order valence-electron chi connectivity index (χ4n) is 1.72. The zero-order chi connectivity index (χ0) is 14.4. The number of aryl methyl sites for hydroxylation is 1. The predicted octanol–water partition coefficient (Wildman–Crippen LogP) is 2.34. The van der Waals surface area contributed by atoms with Crippen LogP contribution in [0.25, 0.3) is 0 Å². The highest BCUT2D eigenvalue weighted by Crippen LogP contribution is 2.22. The van der Waals surface area contributed by atoms with Crippen LogP contribution in [0.1, 0.15) is 11.3 Å². The second kappa shape index (κ2) is 6.55. The smallest absolute Gasteiger partial charge is 0.148 e. The number of aromatic nitrogens is 1. The largest absolute Gasteiger partial charge is 0.492 e. The number of pyridine rings is 1. The first-order chi connectivity index (χ1) is 9.72. The van der Waals surface area contributed by atoms with Crippen molar-refractivity contribution in [1.29, 1.82) is 5.26 Å². The standard InChI is InChI=1S/C15H16N4O/c1-11-5-6-12(10-17)15(18-11)19-13-3-2-4-14(9-13)20-8-7-16/h2-6,9H,7-8,16H2,1H3,(H,18,19). The molecule has 0 radical (unpaired) electrons. The van der Waals surface area contributed by atoms with E-state index in [2.05, 4.69) is 16.4 Å². The summed E-state index contributed by atoms with van der Waals surface area (Å²) in [5.41, 5.74) is 7.57. The van der Waals surface area contributed by atoms with Crippen molar-refractivity contribution in [3.05, 3.63) is 47.7 Å². The summed E-state index contributed by atoms with van der Waals surface area (Å²) in [6.07, 6.45) is 0. The molecule has 2 rings (SSSR count). The topological polar surface area (TPSA) is 84.0 Å². The summed E-state index contributed by atoms with van der Waals surface area (Å²) >= 11 is 0. The molecule has 0 bridgehead atoms. The number of hydrogen-bond acceptors (Lipinski definition) is 5. The number of hydrogen-bond donors (Lipinski definition) is 2. The average molecular weight is 268 g/mol. The summed E-state index contributed by atoms with van der Waals surface area (Å²) < 4.78 is 5.46. The second-order valence-corrected chi connectivity index (χ2v) is 4.25. The lowest BCUT2D eigenvalue weighted by Gasteiger charge is -2.10. The third-order valence-electron chi connectivity index (χ3n) is 2.64. The molecule has 5 heteroatoms. The van der Waals surface area contributed by atoms with Gasteiger partial charge in [-0.05, 0) is 31.2 Å². The molecule has 1 heterocycles. The van der Waals surface area contributed by atoms with Crippen LogP contribution in [0.3, 0.4) is 0 Å². The fourth-order valence-corrected chi connectivity index (χ4v) is 1.72. The quantitative estimate of drug-likeness (QED) is 0.869. The van der Waals surface area contributed by atoms with Crippen LogP contribution in [0.15, 0.2) is 36.4 Å². The Hall–Kier alpha value is -2.58. The van der Waals surface area contributed by atoms with Crippen molar-refractivity contribution < 1.29 is 4.74 Å². The van der Waals surface area contributed by atoms with E-state index >= 15 is 0 Å². The lowest BCUT2D eigenvalue weighted by molar-refractivity contribution is 0.328. The summed E-state index contributed by atoms with van der Waals surface area (Å²) in [5, 5.41) is 12.2. The van der Waals surface area contributed by atoms with Gasteiger partial charge >= 0.3 is 0 Å². The Kier molecular flexibility index (Phi) is 4.53. The van der Waals surface area contributed by atoms with Crippen LogP contribution in [0.2, 0.25) is 0 Å². The lowest BCUT2D eigenvalue weighted by Crippen LogP contribution is -2.10. The van der Waals surface area contributed by atoms with E-state index in [4.69, 9.17) is 15.7 Å². The molecule has 1 aromatic heterocycles. The van der Waals surface area contributed by atoms with Crippen LogP contribution in [-0.2, 0) is 0 Å². The van der Waals surface area contributed by atoms with Crippen molar-refractivity contribution in [2.45, 2.75) is 6.92 Å². The molecule has 0 aliphatic rings. The van der Waals surface area contributed by atoms with Gasteiger partial charge in [-0.2, -0.15) is 5.26 Å². The maximum absolute atomic E-state index is 9.09. The van der Waals surface area contributed by atoms with Gasteiger partial charge in [0.15, 0.2) is 0 Å². The molecular formula is C15H16N4O. The molecule has 0 aliphatic carbocycles. The summed E-state index contributed by atoms with van der Waals surface area (Å²) in [6.45, 7) is 2.82. The molecular weight excluding hydrogens is 252 g/mol. The van der Waals surface area contributed by atoms with E-state index in [-0.39, 0.29) is 0 Å². The fraction of sp³-hybridized carbons (Fsp3) is 0.200. The van der Waals surface area contributed by atoms with Gasteiger partial charge in [0.25, 0.3) is 0 Å². The van der Waals surface area contributed by atoms with Gasteiger partial charge in [0, 0.05) is 24.0 Å². The highest BCUT2D eigenvalue weighted by Gasteiger charge is 2.05. The van der Waals surface area contributed by atoms with Crippen LogP contribution in [0.4, 0.5) is 11.5 Å². The maximum atomic E-state index is 9.09. The van der Waals surface area contributed by atoms with Gasteiger partial charge in [-0.1, -0.05) is 6.07 Å². The van der Waals surface area contributed by atoms with Gasteiger partial charge in [-0.25, -0.2) is 4.98 Å². The molecule has 20 heavy (non-hydrogen) atoms. The Balaban J connectivity index is 2.22. The zero-order valence-electron chi connectivity index (χ0n) is 11.3. The number of nitriles is 1. The Morgan fingerprint density at radius 1 is 1.35 bits per heavy atom. The lowest BCUT2D eigenvalue weighted by atomic mass is 10.2. The first-order valence-electron chi connectivity index (χ1n) is 6.30. The Morgan fingerprint density at radius 2 is 2.20 bits per heavy atom. The van der Waals surface area contributed by atoms with Crippen molar-refractivity contribution in [1.82, 2.24) is 4.98 Å². The molecule has 0 unspecified atom stereocenters. The molecule has 0 spiro atoms. The van der Waals surface area contributed by atoms with Gasteiger partial charge in [-0.15, -0.1) is 0 Å². The Labute approximate surface area is 118 Å². The highest BCUT2D eigenvalue weighted by atomic mass is 16.5. The van der Waals surface area contributed by atoms with Crippen molar-refractivity contribution >= 4 is 11.5 Å².